The number of rotatable bonds is 6. The standard InChI is InChI=1S/C30H37N3O2/c1-2-17-32-25-13-14-26(32)28-16-15-27(25)33(28)29(23-7-6-8-24(34)20-23)21-9-11-22(12-10-21)30(35)31-18-4-3-5-19-31/h2,6-12,20,25-29,34H,1,3-5,13-19H2. The maximum atomic E-state index is 13.1. The van der Waals surface area contributed by atoms with Gasteiger partial charge in [0.05, 0.1) is 6.04 Å². The van der Waals surface area contributed by atoms with E-state index in [-0.39, 0.29) is 11.9 Å². The number of amides is 1. The number of nitrogens with zero attached hydrogens (tertiary/aromatic N) is 3. The highest BCUT2D eigenvalue weighted by atomic mass is 16.3. The molecule has 4 saturated heterocycles. The van der Waals surface area contributed by atoms with Crippen molar-refractivity contribution in [1.82, 2.24) is 14.7 Å². The Bertz CT molecular complexity index is 1060. The summed E-state index contributed by atoms with van der Waals surface area (Å²) in [5.74, 6) is 0.464. The highest BCUT2D eigenvalue weighted by Gasteiger charge is 2.56. The SMILES string of the molecule is C=CCN1C2CCC1C1CCC2N1C(c1ccc(C(=O)N2CCCCC2)cc1)c1cccc(O)c1. The molecule has 5 heteroatoms. The minimum absolute atomic E-state index is 0.0766. The van der Waals surface area contributed by atoms with Crippen molar-refractivity contribution in [2.24, 2.45) is 0 Å². The smallest absolute Gasteiger partial charge is 0.253 e. The second-order valence-corrected chi connectivity index (χ2v) is 10.8. The van der Waals surface area contributed by atoms with Crippen molar-refractivity contribution in [2.45, 2.75) is 75.2 Å². The minimum Gasteiger partial charge on any atom is -0.508 e. The van der Waals surface area contributed by atoms with E-state index in [1.54, 1.807) is 6.07 Å². The fourth-order valence-corrected chi connectivity index (χ4v) is 7.54. The van der Waals surface area contributed by atoms with E-state index >= 15 is 0 Å². The first kappa shape index (κ1) is 22.8. The van der Waals surface area contributed by atoms with E-state index in [2.05, 4.69) is 40.7 Å². The van der Waals surface area contributed by atoms with Crippen LogP contribution >= 0.6 is 0 Å². The number of hydrogen-bond donors (Lipinski definition) is 1. The van der Waals surface area contributed by atoms with Crippen molar-refractivity contribution in [2.75, 3.05) is 19.6 Å². The summed E-state index contributed by atoms with van der Waals surface area (Å²) in [4.78, 5) is 20.5. The molecular weight excluding hydrogens is 434 g/mol. The molecule has 4 fully saturated rings. The van der Waals surface area contributed by atoms with Gasteiger partial charge < -0.3 is 10.0 Å². The van der Waals surface area contributed by atoms with Crippen molar-refractivity contribution < 1.29 is 9.90 Å². The number of phenolic OH excluding ortho intramolecular Hbond substituents is 1. The number of piperazine rings is 1. The molecule has 5 unspecified atom stereocenters. The Labute approximate surface area is 209 Å². The second-order valence-electron chi connectivity index (χ2n) is 10.8. The van der Waals surface area contributed by atoms with Crippen molar-refractivity contribution in [3.63, 3.8) is 0 Å². The molecular formula is C30H37N3O2. The van der Waals surface area contributed by atoms with E-state index in [4.69, 9.17) is 0 Å². The molecule has 0 saturated carbocycles. The van der Waals surface area contributed by atoms with Gasteiger partial charge in [-0.2, -0.15) is 0 Å². The highest BCUT2D eigenvalue weighted by molar-refractivity contribution is 5.94. The van der Waals surface area contributed by atoms with Gasteiger partial charge in [0.15, 0.2) is 0 Å². The van der Waals surface area contributed by atoms with Crippen LogP contribution in [0.2, 0.25) is 0 Å². The van der Waals surface area contributed by atoms with Gasteiger partial charge in [-0.15, -0.1) is 6.58 Å². The van der Waals surface area contributed by atoms with Gasteiger partial charge in [-0.1, -0.05) is 30.3 Å². The normalized spacial score (nSPS) is 29.3. The van der Waals surface area contributed by atoms with Gasteiger partial charge >= 0.3 is 0 Å². The molecule has 35 heavy (non-hydrogen) atoms. The van der Waals surface area contributed by atoms with Crippen molar-refractivity contribution in [1.29, 1.82) is 0 Å². The summed E-state index contributed by atoms with van der Waals surface area (Å²) < 4.78 is 0. The molecule has 0 aliphatic carbocycles. The Morgan fingerprint density at radius 3 is 2.20 bits per heavy atom. The predicted octanol–water partition coefficient (Wildman–Crippen LogP) is 4.97. The number of carbonyl (C=O) groups is 1. The Balaban J connectivity index is 1.34. The fraction of sp³-hybridized carbons (Fsp3) is 0.500. The predicted molar refractivity (Wildman–Crippen MR) is 139 cm³/mol. The number of fused-ring (bicyclic) bond motifs is 6. The molecule has 6 rings (SSSR count). The highest BCUT2D eigenvalue weighted by Crippen LogP contribution is 2.50. The van der Waals surface area contributed by atoms with Crippen molar-refractivity contribution in [3.8, 4) is 5.75 Å². The minimum atomic E-state index is 0.0766. The third kappa shape index (κ3) is 3.99. The number of benzene rings is 2. The lowest BCUT2D eigenvalue weighted by Gasteiger charge is -2.50. The Morgan fingerprint density at radius 1 is 0.914 bits per heavy atom. The largest absolute Gasteiger partial charge is 0.508 e. The van der Waals surface area contributed by atoms with Crippen LogP contribution in [0.15, 0.2) is 61.2 Å². The summed E-state index contributed by atoms with van der Waals surface area (Å²) in [5.41, 5.74) is 3.12. The number of aromatic hydroxyl groups is 1. The zero-order valence-corrected chi connectivity index (χ0v) is 20.6. The molecule has 5 nitrogen and oxygen atoms in total. The number of piperidine rings is 1. The molecule has 5 atom stereocenters. The summed E-state index contributed by atoms with van der Waals surface area (Å²) in [6.45, 7) is 6.73. The lowest BCUT2D eigenvalue weighted by molar-refractivity contribution is -0.00329. The molecule has 2 aromatic carbocycles. The third-order valence-electron chi connectivity index (χ3n) is 8.96. The first-order valence-electron chi connectivity index (χ1n) is 13.5. The molecule has 2 aromatic rings. The maximum Gasteiger partial charge on any atom is 0.253 e. The van der Waals surface area contributed by atoms with E-state index in [9.17, 15) is 9.90 Å². The van der Waals surface area contributed by atoms with Crippen molar-refractivity contribution >= 4 is 5.91 Å². The lowest BCUT2D eigenvalue weighted by Crippen LogP contribution is -2.60. The molecule has 0 spiro atoms. The Hall–Kier alpha value is -2.63. The fourth-order valence-electron chi connectivity index (χ4n) is 7.54. The zero-order chi connectivity index (χ0) is 23.9. The van der Waals surface area contributed by atoms with Crippen LogP contribution in [0, 0.1) is 0 Å². The number of hydrogen-bond acceptors (Lipinski definition) is 4. The molecule has 4 bridgehead atoms. The van der Waals surface area contributed by atoms with Gasteiger partial charge in [0, 0.05) is 49.4 Å². The van der Waals surface area contributed by atoms with E-state index in [0.717, 1.165) is 43.6 Å². The van der Waals surface area contributed by atoms with Crippen LogP contribution in [-0.4, -0.2) is 69.5 Å². The lowest BCUT2D eigenvalue weighted by atomic mass is 9.91. The van der Waals surface area contributed by atoms with Gasteiger partial charge in [0.1, 0.15) is 5.75 Å². The zero-order valence-electron chi connectivity index (χ0n) is 20.6. The van der Waals surface area contributed by atoms with Crippen molar-refractivity contribution in [3.05, 3.63) is 77.9 Å². The molecule has 1 amide bonds. The van der Waals surface area contributed by atoms with Crippen LogP contribution in [0.25, 0.3) is 0 Å². The van der Waals surface area contributed by atoms with Gasteiger partial charge in [-0.05, 0) is 80.3 Å². The summed E-state index contributed by atoms with van der Waals surface area (Å²) >= 11 is 0. The molecule has 4 heterocycles. The first-order valence-corrected chi connectivity index (χ1v) is 13.5. The Morgan fingerprint density at radius 2 is 1.57 bits per heavy atom. The Kier molecular flexibility index (Phi) is 6.15. The summed E-state index contributed by atoms with van der Waals surface area (Å²) in [7, 11) is 0. The van der Waals surface area contributed by atoms with Crippen LogP contribution < -0.4 is 0 Å². The quantitative estimate of drug-likeness (QED) is 0.604. The maximum absolute atomic E-state index is 13.1. The first-order chi connectivity index (χ1) is 17.2. The third-order valence-corrected chi connectivity index (χ3v) is 8.96. The number of likely N-dealkylation sites (tertiary alicyclic amines) is 1. The van der Waals surface area contributed by atoms with Crippen LogP contribution in [0.3, 0.4) is 0 Å². The van der Waals surface area contributed by atoms with Gasteiger partial charge in [-0.3, -0.25) is 14.6 Å². The van der Waals surface area contributed by atoms with E-state index in [0.29, 0.717) is 29.9 Å². The molecule has 0 radical (unpaired) electrons. The van der Waals surface area contributed by atoms with Crippen LogP contribution in [0.5, 0.6) is 5.75 Å². The molecule has 184 valence electrons. The van der Waals surface area contributed by atoms with E-state index in [1.165, 1.54) is 37.7 Å². The van der Waals surface area contributed by atoms with Crippen LogP contribution in [-0.2, 0) is 0 Å². The van der Waals surface area contributed by atoms with Crippen LogP contribution in [0.4, 0.5) is 0 Å². The van der Waals surface area contributed by atoms with E-state index in [1.807, 2.05) is 29.2 Å². The summed E-state index contributed by atoms with van der Waals surface area (Å²) in [6, 6.07) is 18.3. The molecule has 0 aromatic heterocycles. The van der Waals surface area contributed by atoms with Gasteiger partial charge in [-0.25, -0.2) is 0 Å². The van der Waals surface area contributed by atoms with Gasteiger partial charge in [0.2, 0.25) is 0 Å². The summed E-state index contributed by atoms with van der Waals surface area (Å²) in [6.07, 6.45) is 10.4. The second kappa shape index (κ2) is 9.44. The molecule has 4 aliphatic heterocycles. The monoisotopic (exact) mass is 471 g/mol. The van der Waals surface area contributed by atoms with Crippen LogP contribution in [0.1, 0.15) is 72.5 Å². The molecule has 4 aliphatic rings. The van der Waals surface area contributed by atoms with E-state index < -0.39 is 0 Å². The topological polar surface area (TPSA) is 47.0 Å². The number of phenols is 1. The number of carbonyl (C=O) groups excluding carboxylic acids is 1. The average Bonchev–Trinajstić information content (AvgIpc) is 3.40. The average molecular weight is 472 g/mol. The molecule has 1 N–H and O–H groups in total. The summed E-state index contributed by atoms with van der Waals surface area (Å²) in [5, 5.41) is 10.4. The van der Waals surface area contributed by atoms with Gasteiger partial charge in [0.25, 0.3) is 5.91 Å².